The maximum atomic E-state index is 2.18. The minimum absolute atomic E-state index is 0. The minimum atomic E-state index is 0. The van der Waals surface area contributed by atoms with E-state index >= 15 is 0 Å². The molecule has 0 unspecified atom stereocenters. The molecule has 0 fully saturated rings. The Kier molecular flexibility index (Phi) is 15.4. The second-order valence-electron chi connectivity index (χ2n) is 0.858. The Morgan fingerprint density at radius 1 is 1.67 bits per heavy atom. The molecular weight excluding hydrogens is 193 g/mol. The number of hydrogen-bond donors (Lipinski definition) is 0. The fraction of sp³-hybridized carbons (Fsp3) is 0.500. The van der Waals surface area contributed by atoms with Crippen molar-refractivity contribution >= 4 is 0 Å². The maximum absolute atomic E-state index is 2.18. The van der Waals surface area contributed by atoms with Gasteiger partial charge in [0.2, 0.25) is 0 Å². The van der Waals surface area contributed by atoms with E-state index in [0.29, 0.717) is 0 Å². The summed E-state index contributed by atoms with van der Waals surface area (Å²) in [4.78, 5) is 0. The number of rotatable bonds is 1. The summed E-state index contributed by atoms with van der Waals surface area (Å²) in [5, 5.41) is 1.29. The topological polar surface area (TPSA) is 0 Å². The Morgan fingerprint density at radius 3 is 2.17 bits per heavy atom. The first-order valence-corrected chi connectivity index (χ1v) is 3.92. The van der Waals surface area contributed by atoms with Gasteiger partial charge in [0, 0.05) is 0 Å². The Morgan fingerprint density at radius 2 is 2.17 bits per heavy atom. The van der Waals surface area contributed by atoms with Crippen LogP contribution in [0.25, 0.3) is 0 Å². The average molecular weight is 200 g/mol. The van der Waals surface area contributed by atoms with Crippen molar-refractivity contribution in [3.8, 4) is 0 Å². The van der Waals surface area contributed by atoms with Gasteiger partial charge in [-0.25, -0.2) is 0 Å². The first-order valence-electron chi connectivity index (χ1n) is 1.82. The van der Waals surface area contributed by atoms with Crippen molar-refractivity contribution in [2.75, 3.05) is 0 Å². The molecule has 0 amide bonds. The van der Waals surface area contributed by atoms with E-state index in [9.17, 15) is 0 Å². The number of allylic oxidation sites excluding steroid dienone is 2. The van der Waals surface area contributed by atoms with Gasteiger partial charge >= 0.3 is 42.4 Å². The van der Waals surface area contributed by atoms with Gasteiger partial charge in [-0.3, -0.25) is 0 Å². The molecule has 0 spiro atoms. The standard InChI is InChI=1S/C4H7.BrH.Zn/c1-3-4-2;;/h3-4H,1H2,2H3;1H;/q;;+1/p-1. The fourth-order valence-electron chi connectivity index (χ4n) is 0.167. The molecule has 0 rings (SSSR count). The maximum Gasteiger partial charge on any atom is -1.00 e. The van der Waals surface area contributed by atoms with Crippen LogP contribution in [0.3, 0.4) is 0 Å². The van der Waals surface area contributed by atoms with Crippen LogP contribution >= 0.6 is 0 Å². The molecule has 0 aliphatic carbocycles. The van der Waals surface area contributed by atoms with Crippen molar-refractivity contribution in [2.24, 2.45) is 0 Å². The Balaban J connectivity index is 0. The molecule has 32 valence electrons. The summed E-state index contributed by atoms with van der Waals surface area (Å²) in [5.41, 5.74) is 0. The van der Waals surface area contributed by atoms with Gasteiger partial charge in [0.25, 0.3) is 0 Å². The molecule has 0 atom stereocenters. The zero-order chi connectivity index (χ0) is 4.12. The predicted molar refractivity (Wildman–Crippen MR) is 19.6 cm³/mol. The van der Waals surface area contributed by atoms with E-state index in [1.165, 1.54) is 23.3 Å². The molecule has 0 radical (unpaired) electrons. The van der Waals surface area contributed by atoms with Crippen molar-refractivity contribution in [3.63, 3.8) is 0 Å². The fourth-order valence-corrected chi connectivity index (χ4v) is 0.866. The SMILES string of the molecule is CC=C[CH2][Zn+].[Br-]. The molecule has 0 aliphatic heterocycles. The van der Waals surface area contributed by atoms with Gasteiger partial charge in [0.1, 0.15) is 0 Å². The Hall–Kier alpha value is 0.843. The van der Waals surface area contributed by atoms with E-state index in [4.69, 9.17) is 0 Å². The molecule has 2 heteroatoms. The zero-order valence-electron chi connectivity index (χ0n) is 3.95. The zero-order valence-corrected chi connectivity index (χ0v) is 8.50. The van der Waals surface area contributed by atoms with Crippen LogP contribution in [0, 0.1) is 0 Å². The van der Waals surface area contributed by atoms with Gasteiger partial charge in [-0.15, -0.1) is 0 Å². The number of hydrogen-bond acceptors (Lipinski definition) is 0. The minimum Gasteiger partial charge on any atom is -1.00 e. The first kappa shape index (κ1) is 9.96. The van der Waals surface area contributed by atoms with Gasteiger partial charge in [0.15, 0.2) is 0 Å². The average Bonchev–Trinajstić information content (AvgIpc) is 1.41. The van der Waals surface area contributed by atoms with Crippen LogP contribution in [-0.2, 0) is 18.3 Å². The molecule has 0 aromatic heterocycles. The van der Waals surface area contributed by atoms with E-state index in [2.05, 4.69) is 19.1 Å². The Bertz CT molecular complexity index is 34.5. The quantitative estimate of drug-likeness (QED) is 0.358. The molecule has 0 saturated heterocycles. The van der Waals surface area contributed by atoms with Crippen molar-refractivity contribution in [1.29, 1.82) is 0 Å². The second-order valence-corrected chi connectivity index (χ2v) is 2.07. The largest absolute Gasteiger partial charge is 1.00 e. The van der Waals surface area contributed by atoms with Crippen molar-refractivity contribution in [3.05, 3.63) is 12.2 Å². The third-order valence-corrected chi connectivity index (χ3v) is 1.10. The summed E-state index contributed by atoms with van der Waals surface area (Å²) in [6.07, 6.45) is 4.27. The smallest absolute Gasteiger partial charge is 1.00 e. The monoisotopic (exact) mass is 198 g/mol. The second kappa shape index (κ2) is 9.28. The summed E-state index contributed by atoms with van der Waals surface area (Å²) < 4.78 is 0. The van der Waals surface area contributed by atoms with Gasteiger partial charge in [-0.1, -0.05) is 0 Å². The van der Waals surface area contributed by atoms with Crippen LogP contribution in [0.5, 0.6) is 0 Å². The van der Waals surface area contributed by atoms with Gasteiger partial charge in [-0.2, -0.15) is 0 Å². The van der Waals surface area contributed by atoms with Crippen LogP contribution in [-0.4, -0.2) is 0 Å². The summed E-state index contributed by atoms with van der Waals surface area (Å²) in [6.45, 7) is 2.05. The van der Waals surface area contributed by atoms with E-state index in [0.717, 1.165) is 0 Å². The van der Waals surface area contributed by atoms with Crippen LogP contribution in [0.1, 0.15) is 6.92 Å². The third kappa shape index (κ3) is 8.85. The molecule has 0 aromatic carbocycles. The van der Waals surface area contributed by atoms with Crippen LogP contribution in [0.2, 0.25) is 5.02 Å². The Labute approximate surface area is 59.5 Å². The summed E-state index contributed by atoms with van der Waals surface area (Å²) in [7, 11) is 0. The summed E-state index contributed by atoms with van der Waals surface area (Å²) in [5.74, 6) is 0. The van der Waals surface area contributed by atoms with Gasteiger partial charge in [-0.05, 0) is 0 Å². The van der Waals surface area contributed by atoms with Crippen LogP contribution < -0.4 is 17.0 Å². The van der Waals surface area contributed by atoms with E-state index in [-0.39, 0.29) is 17.0 Å². The van der Waals surface area contributed by atoms with Crippen molar-refractivity contribution in [1.82, 2.24) is 0 Å². The van der Waals surface area contributed by atoms with Crippen LogP contribution in [0.4, 0.5) is 0 Å². The molecule has 6 heavy (non-hydrogen) atoms. The van der Waals surface area contributed by atoms with E-state index in [1.807, 2.05) is 0 Å². The molecule has 0 heterocycles. The van der Waals surface area contributed by atoms with Crippen molar-refractivity contribution < 1.29 is 35.3 Å². The first-order chi connectivity index (χ1) is 2.41. The van der Waals surface area contributed by atoms with Crippen LogP contribution in [0.15, 0.2) is 12.2 Å². The summed E-state index contributed by atoms with van der Waals surface area (Å²) in [6, 6.07) is 0. The van der Waals surface area contributed by atoms with Gasteiger partial charge < -0.3 is 17.0 Å². The van der Waals surface area contributed by atoms with E-state index < -0.39 is 0 Å². The normalized spacial score (nSPS) is 8.50. The molecule has 0 saturated carbocycles. The van der Waals surface area contributed by atoms with E-state index in [1.54, 1.807) is 0 Å². The molecule has 0 N–H and O–H groups in total. The molecule has 0 aliphatic rings. The molecule has 0 nitrogen and oxygen atoms in total. The van der Waals surface area contributed by atoms with Crippen molar-refractivity contribution in [2.45, 2.75) is 11.9 Å². The molecular formula is C4H7BrZn. The summed E-state index contributed by atoms with van der Waals surface area (Å²) >= 11 is 1.39. The molecule has 0 bridgehead atoms. The third-order valence-electron chi connectivity index (χ3n) is 0.402. The molecule has 0 aromatic rings. The predicted octanol–water partition coefficient (Wildman–Crippen LogP) is -1.47. The number of halogens is 1. The van der Waals surface area contributed by atoms with Gasteiger partial charge in [0.05, 0.1) is 0 Å².